The van der Waals surface area contributed by atoms with Crippen LogP contribution in [-0.2, 0) is 12.8 Å². The number of aromatic hydroxyl groups is 2. The highest BCUT2D eigenvalue weighted by atomic mass is 16.5. The van der Waals surface area contributed by atoms with Gasteiger partial charge in [-0.15, -0.1) is 0 Å². The molecule has 0 radical (unpaired) electrons. The van der Waals surface area contributed by atoms with Gasteiger partial charge in [-0.05, 0) is 54.3 Å². The number of nitrogens with two attached hydrogens (primary N) is 1. The van der Waals surface area contributed by atoms with Crippen molar-refractivity contribution in [1.29, 1.82) is 0 Å². The SMILES string of the molecule is COc1cc2c(c(N)c1O)C[C@H]1c3c(cc(O)c(OC)c3-2)CCN1C. The standard InChI is InChI=1S/C19H22N2O4/c1-21-5-4-9-6-13(22)19(25-3)16-10-8-14(24-2)18(23)17(20)11(10)7-12(21)15(9)16/h6,8,12,22-23H,4-5,7,20H2,1-3H3/t12-/m0/s1. The number of nitrogens with zero attached hydrogens (tertiary/aromatic N) is 1. The van der Waals surface area contributed by atoms with Crippen molar-refractivity contribution in [2.75, 3.05) is 33.5 Å². The third-order valence-electron chi connectivity index (χ3n) is 5.49. The van der Waals surface area contributed by atoms with E-state index in [9.17, 15) is 10.2 Å². The summed E-state index contributed by atoms with van der Waals surface area (Å²) >= 11 is 0. The van der Waals surface area contributed by atoms with Crippen LogP contribution in [0.1, 0.15) is 22.7 Å². The zero-order valence-electron chi connectivity index (χ0n) is 14.6. The molecule has 4 N–H and O–H groups in total. The average Bonchev–Trinajstić information content (AvgIpc) is 2.61. The zero-order chi connectivity index (χ0) is 17.9. The van der Waals surface area contributed by atoms with Crippen molar-refractivity contribution in [3.8, 4) is 34.1 Å². The van der Waals surface area contributed by atoms with Crippen molar-refractivity contribution in [1.82, 2.24) is 4.90 Å². The Labute approximate surface area is 146 Å². The fourth-order valence-electron chi connectivity index (χ4n) is 4.21. The van der Waals surface area contributed by atoms with Gasteiger partial charge in [0.25, 0.3) is 0 Å². The smallest absolute Gasteiger partial charge is 0.181 e. The van der Waals surface area contributed by atoms with Crippen LogP contribution in [0.4, 0.5) is 5.69 Å². The van der Waals surface area contributed by atoms with E-state index in [0.717, 1.165) is 35.2 Å². The molecule has 0 saturated carbocycles. The van der Waals surface area contributed by atoms with Crippen LogP contribution in [0.3, 0.4) is 0 Å². The predicted octanol–water partition coefficient (Wildman–Crippen LogP) is 2.45. The number of anilines is 1. The van der Waals surface area contributed by atoms with Crippen LogP contribution < -0.4 is 15.2 Å². The lowest BCUT2D eigenvalue weighted by molar-refractivity contribution is 0.227. The van der Waals surface area contributed by atoms with E-state index in [0.29, 0.717) is 23.6 Å². The molecule has 4 rings (SSSR count). The quantitative estimate of drug-likeness (QED) is 0.574. The van der Waals surface area contributed by atoms with E-state index < -0.39 is 0 Å². The number of fused-ring (bicyclic) bond motifs is 2. The molecular weight excluding hydrogens is 320 g/mol. The number of rotatable bonds is 2. The molecule has 2 aromatic rings. The maximum atomic E-state index is 10.5. The van der Waals surface area contributed by atoms with Gasteiger partial charge in [0.05, 0.1) is 19.9 Å². The monoisotopic (exact) mass is 342 g/mol. The molecule has 2 aliphatic rings. The first-order valence-electron chi connectivity index (χ1n) is 8.29. The van der Waals surface area contributed by atoms with Crippen LogP contribution in [0.2, 0.25) is 0 Å². The van der Waals surface area contributed by atoms with E-state index in [1.54, 1.807) is 13.2 Å². The summed E-state index contributed by atoms with van der Waals surface area (Å²) < 4.78 is 10.8. The Kier molecular flexibility index (Phi) is 3.47. The molecule has 25 heavy (non-hydrogen) atoms. The minimum Gasteiger partial charge on any atom is -0.504 e. The van der Waals surface area contributed by atoms with Crippen LogP contribution in [0.15, 0.2) is 12.1 Å². The summed E-state index contributed by atoms with van der Waals surface area (Å²) in [6.45, 7) is 0.903. The first kappa shape index (κ1) is 15.9. The second-order valence-corrected chi connectivity index (χ2v) is 6.69. The van der Waals surface area contributed by atoms with E-state index in [4.69, 9.17) is 15.2 Å². The van der Waals surface area contributed by atoms with Gasteiger partial charge < -0.3 is 25.4 Å². The molecule has 132 valence electrons. The average molecular weight is 342 g/mol. The van der Waals surface area contributed by atoms with Gasteiger partial charge >= 0.3 is 0 Å². The summed E-state index contributed by atoms with van der Waals surface area (Å²) in [5, 5.41) is 20.8. The molecule has 1 heterocycles. The van der Waals surface area contributed by atoms with E-state index >= 15 is 0 Å². The summed E-state index contributed by atoms with van der Waals surface area (Å²) in [4.78, 5) is 2.28. The molecule has 6 heteroatoms. The molecule has 1 atom stereocenters. The van der Waals surface area contributed by atoms with Crippen molar-refractivity contribution >= 4 is 5.69 Å². The van der Waals surface area contributed by atoms with E-state index in [1.165, 1.54) is 12.7 Å². The van der Waals surface area contributed by atoms with Gasteiger partial charge in [-0.2, -0.15) is 0 Å². The lowest BCUT2D eigenvalue weighted by Crippen LogP contribution is -2.36. The van der Waals surface area contributed by atoms with Gasteiger partial charge in [-0.3, -0.25) is 4.90 Å². The summed E-state index contributed by atoms with van der Waals surface area (Å²) in [6, 6.07) is 3.73. The van der Waals surface area contributed by atoms with Crippen LogP contribution >= 0.6 is 0 Å². The third-order valence-corrected chi connectivity index (χ3v) is 5.49. The van der Waals surface area contributed by atoms with Gasteiger partial charge in [-0.1, -0.05) is 0 Å². The van der Waals surface area contributed by atoms with Crippen molar-refractivity contribution in [2.45, 2.75) is 18.9 Å². The number of phenols is 2. The minimum absolute atomic E-state index is 0.0393. The Bertz CT molecular complexity index is 879. The van der Waals surface area contributed by atoms with Crippen molar-refractivity contribution in [2.24, 2.45) is 0 Å². The van der Waals surface area contributed by atoms with Gasteiger partial charge in [-0.25, -0.2) is 0 Å². The summed E-state index contributed by atoms with van der Waals surface area (Å²) in [5.74, 6) is 0.839. The highest BCUT2D eigenvalue weighted by Crippen LogP contribution is 2.55. The fraction of sp³-hybridized carbons (Fsp3) is 0.368. The molecule has 2 aromatic carbocycles. The number of phenolic OH excluding ortho intramolecular Hbond substituents is 2. The molecule has 0 fully saturated rings. The van der Waals surface area contributed by atoms with Gasteiger partial charge in [0, 0.05) is 18.2 Å². The molecule has 0 amide bonds. The Morgan fingerprint density at radius 2 is 1.96 bits per heavy atom. The summed E-state index contributed by atoms with van der Waals surface area (Å²) in [6.07, 6.45) is 1.57. The highest BCUT2D eigenvalue weighted by Gasteiger charge is 2.37. The van der Waals surface area contributed by atoms with Gasteiger partial charge in [0.15, 0.2) is 23.0 Å². The Morgan fingerprint density at radius 3 is 2.64 bits per heavy atom. The fourth-order valence-corrected chi connectivity index (χ4v) is 4.21. The van der Waals surface area contributed by atoms with Crippen molar-refractivity contribution in [3.05, 3.63) is 28.8 Å². The molecule has 0 unspecified atom stereocenters. The number of benzene rings is 2. The van der Waals surface area contributed by atoms with Crippen molar-refractivity contribution in [3.63, 3.8) is 0 Å². The Hall–Kier alpha value is -2.60. The van der Waals surface area contributed by atoms with Gasteiger partial charge in [0.2, 0.25) is 0 Å². The lowest BCUT2D eigenvalue weighted by atomic mass is 9.76. The van der Waals surface area contributed by atoms with Crippen molar-refractivity contribution < 1.29 is 19.7 Å². The summed E-state index contributed by atoms with van der Waals surface area (Å²) in [7, 11) is 5.13. The number of nitrogen functional groups attached to an aromatic ring is 1. The van der Waals surface area contributed by atoms with E-state index in [-0.39, 0.29) is 17.5 Å². The lowest BCUT2D eigenvalue weighted by Gasteiger charge is -2.40. The number of hydrogen-bond donors (Lipinski definition) is 3. The first-order chi connectivity index (χ1) is 12.0. The maximum Gasteiger partial charge on any atom is 0.181 e. The van der Waals surface area contributed by atoms with Crippen LogP contribution in [-0.4, -0.2) is 42.9 Å². The van der Waals surface area contributed by atoms with Gasteiger partial charge in [0.1, 0.15) is 0 Å². The molecule has 0 spiro atoms. The Balaban J connectivity index is 2.12. The van der Waals surface area contributed by atoms with E-state index in [2.05, 4.69) is 11.9 Å². The molecule has 1 aliphatic heterocycles. The second-order valence-electron chi connectivity index (χ2n) is 6.69. The van der Waals surface area contributed by atoms with Crippen LogP contribution in [0.5, 0.6) is 23.0 Å². The molecule has 0 saturated heterocycles. The van der Waals surface area contributed by atoms with E-state index in [1.807, 2.05) is 6.07 Å². The molecule has 6 nitrogen and oxygen atoms in total. The molecule has 0 aromatic heterocycles. The second kappa shape index (κ2) is 5.46. The van der Waals surface area contributed by atoms with Crippen LogP contribution in [0.25, 0.3) is 11.1 Å². The number of likely N-dealkylation sites (N-methyl/N-ethyl adjacent to an activating group) is 1. The largest absolute Gasteiger partial charge is 0.504 e. The van der Waals surface area contributed by atoms with Crippen LogP contribution in [0, 0.1) is 0 Å². The first-order valence-corrected chi connectivity index (χ1v) is 8.29. The molecule has 1 aliphatic carbocycles. The Morgan fingerprint density at radius 1 is 1.20 bits per heavy atom. The number of hydrogen-bond acceptors (Lipinski definition) is 6. The summed E-state index contributed by atoms with van der Waals surface area (Å²) in [5.41, 5.74) is 11.4. The normalized spacial score (nSPS) is 18.4. The predicted molar refractivity (Wildman–Crippen MR) is 95.5 cm³/mol. The molecular formula is C19H22N2O4. The topological polar surface area (TPSA) is 88.2 Å². The molecule has 0 bridgehead atoms. The maximum absolute atomic E-state index is 10.5. The number of ether oxygens (including phenoxy) is 2. The minimum atomic E-state index is -0.0393. The third kappa shape index (κ3) is 2.07. The highest BCUT2D eigenvalue weighted by molar-refractivity contribution is 5.89. The number of methoxy groups -OCH3 is 2. The zero-order valence-corrected chi connectivity index (χ0v) is 14.6.